The van der Waals surface area contributed by atoms with Crippen LogP contribution < -0.4 is 16.0 Å². The summed E-state index contributed by atoms with van der Waals surface area (Å²) in [5, 5.41) is 18.5. The fraction of sp³-hybridized carbons (Fsp3) is 0.902. The van der Waals surface area contributed by atoms with Crippen molar-refractivity contribution in [2.75, 3.05) is 13.2 Å². The van der Waals surface area contributed by atoms with Crippen LogP contribution in [0.15, 0.2) is 0 Å². The highest BCUT2D eigenvalue weighted by atomic mass is 16.5. The molecule has 358 valence electrons. The second-order valence-electron chi connectivity index (χ2n) is 18.3. The molecule has 10 nitrogen and oxygen atoms in total. The number of esters is 1. The van der Waals surface area contributed by atoms with Crippen LogP contribution in [-0.4, -0.2) is 65.9 Å². The number of hydrogen-bond donors (Lipinski definition) is 4. The molecule has 0 heterocycles. The SMILES string of the molecule is CCCCCCCCCCCC(=O)O[C@H](CCCCCCCCCCC)CC(=O)N[C@@H](CC(C)=O)C(=O)NCCC[C@H](CO)NC(=O)C[C@H](C)CCCCCCCCCCC. The van der Waals surface area contributed by atoms with Crippen molar-refractivity contribution in [3.05, 3.63) is 0 Å². The molecule has 0 saturated heterocycles. The van der Waals surface area contributed by atoms with Crippen LogP contribution in [0.1, 0.15) is 259 Å². The summed E-state index contributed by atoms with van der Waals surface area (Å²) in [6.45, 7) is 10.2. The van der Waals surface area contributed by atoms with Crippen molar-refractivity contribution < 1.29 is 33.8 Å². The normalized spacial score (nSPS) is 13.3. The summed E-state index contributed by atoms with van der Waals surface area (Å²) in [5.41, 5.74) is 0. The van der Waals surface area contributed by atoms with Gasteiger partial charge in [-0.25, -0.2) is 0 Å². The van der Waals surface area contributed by atoms with Crippen LogP contribution in [0.2, 0.25) is 0 Å². The second-order valence-corrected chi connectivity index (χ2v) is 18.3. The van der Waals surface area contributed by atoms with Crippen molar-refractivity contribution in [2.24, 2.45) is 5.92 Å². The van der Waals surface area contributed by atoms with Crippen LogP contribution in [-0.2, 0) is 28.7 Å². The Hall–Kier alpha value is -2.49. The molecule has 4 atom stereocenters. The monoisotopic (exact) mass is 864 g/mol. The molecule has 3 amide bonds. The Balaban J connectivity index is 4.88. The van der Waals surface area contributed by atoms with Gasteiger partial charge in [-0.2, -0.15) is 0 Å². The number of carbonyl (C=O) groups excluding carboxylic acids is 5. The lowest BCUT2D eigenvalue weighted by Crippen LogP contribution is -2.48. The zero-order chi connectivity index (χ0) is 45.2. The third kappa shape index (κ3) is 38.9. The molecule has 10 heteroatoms. The predicted octanol–water partition coefficient (Wildman–Crippen LogP) is 11.9. The van der Waals surface area contributed by atoms with Crippen LogP contribution in [0.25, 0.3) is 0 Å². The number of aliphatic hydroxyl groups is 1. The Morgan fingerprint density at radius 2 is 0.951 bits per heavy atom. The number of ketones is 1. The number of unbranched alkanes of at least 4 members (excludes halogenated alkanes) is 24. The molecular weight excluding hydrogens is 767 g/mol. The molecule has 0 bridgehead atoms. The van der Waals surface area contributed by atoms with E-state index in [9.17, 15) is 29.1 Å². The number of carbonyl (C=O) groups is 5. The van der Waals surface area contributed by atoms with Gasteiger partial charge in [0.15, 0.2) is 0 Å². The van der Waals surface area contributed by atoms with Gasteiger partial charge in [0.25, 0.3) is 0 Å². The summed E-state index contributed by atoms with van der Waals surface area (Å²) in [7, 11) is 0. The Bertz CT molecular complexity index is 1090. The standard InChI is InChI=1S/C51H97N3O7/c1-6-9-12-15-18-21-24-27-30-34-43(4)39-48(57)53-45(42-55)35-33-38-52-51(60)47(40-44(5)56)54-49(58)41-46(36-31-28-25-22-19-16-13-10-7-2)61-50(59)37-32-29-26-23-20-17-14-11-8-3/h43,45-47,55H,6-42H2,1-5H3,(H,52,60)(H,53,57)(H,54,58)/t43-,45-,46-,47+/m1/s1. The summed E-state index contributed by atoms with van der Waals surface area (Å²) in [6, 6.07) is -1.46. The molecule has 0 aliphatic carbocycles. The van der Waals surface area contributed by atoms with Crippen LogP contribution in [0.5, 0.6) is 0 Å². The first-order valence-electron chi connectivity index (χ1n) is 25.7. The Morgan fingerprint density at radius 3 is 1.43 bits per heavy atom. The maximum Gasteiger partial charge on any atom is 0.306 e. The molecule has 0 aliphatic rings. The first-order valence-corrected chi connectivity index (χ1v) is 25.7. The largest absolute Gasteiger partial charge is 0.462 e. The van der Waals surface area contributed by atoms with E-state index >= 15 is 0 Å². The average molecular weight is 864 g/mol. The van der Waals surface area contributed by atoms with Gasteiger partial charge in [-0.3, -0.25) is 24.0 Å². The summed E-state index contributed by atoms with van der Waals surface area (Å²) < 4.78 is 5.87. The Kier molecular flexibility index (Phi) is 41.0. The molecule has 0 rings (SSSR count). The minimum Gasteiger partial charge on any atom is -0.462 e. The molecule has 0 aromatic rings. The van der Waals surface area contributed by atoms with Gasteiger partial charge in [-0.1, -0.05) is 195 Å². The van der Waals surface area contributed by atoms with E-state index in [-0.39, 0.29) is 49.6 Å². The first kappa shape index (κ1) is 58.5. The van der Waals surface area contributed by atoms with Crippen molar-refractivity contribution in [1.82, 2.24) is 16.0 Å². The van der Waals surface area contributed by atoms with Crippen molar-refractivity contribution in [3.63, 3.8) is 0 Å². The summed E-state index contributed by atoms with van der Waals surface area (Å²) >= 11 is 0. The second kappa shape index (κ2) is 42.8. The maximum atomic E-state index is 13.3. The molecule has 61 heavy (non-hydrogen) atoms. The highest BCUT2D eigenvalue weighted by Crippen LogP contribution is 2.18. The van der Waals surface area contributed by atoms with E-state index in [0.29, 0.717) is 32.1 Å². The van der Waals surface area contributed by atoms with Crippen molar-refractivity contribution in [2.45, 2.75) is 278 Å². The number of amides is 3. The summed E-state index contributed by atoms with van der Waals surface area (Å²) in [5.74, 6) is -1.19. The van der Waals surface area contributed by atoms with Crippen LogP contribution >= 0.6 is 0 Å². The van der Waals surface area contributed by atoms with Gasteiger partial charge in [0.05, 0.1) is 19.1 Å². The summed E-state index contributed by atoms with van der Waals surface area (Å²) in [4.78, 5) is 64.3. The zero-order valence-electron chi connectivity index (χ0n) is 40.4. The Morgan fingerprint density at radius 1 is 0.508 bits per heavy atom. The molecule has 0 aromatic heterocycles. The number of rotatable bonds is 45. The highest BCUT2D eigenvalue weighted by Gasteiger charge is 2.25. The third-order valence-electron chi connectivity index (χ3n) is 11.9. The number of hydrogen-bond acceptors (Lipinski definition) is 7. The fourth-order valence-electron chi connectivity index (χ4n) is 8.07. The summed E-state index contributed by atoms with van der Waals surface area (Å²) in [6.07, 6.45) is 34.9. The van der Waals surface area contributed by atoms with E-state index in [0.717, 1.165) is 51.4 Å². The van der Waals surface area contributed by atoms with Gasteiger partial charge >= 0.3 is 5.97 Å². The molecule has 4 N–H and O–H groups in total. The molecule has 0 aromatic carbocycles. The van der Waals surface area contributed by atoms with Gasteiger partial charge in [0.2, 0.25) is 17.7 Å². The first-order chi connectivity index (χ1) is 29.6. The smallest absolute Gasteiger partial charge is 0.306 e. The van der Waals surface area contributed by atoms with Crippen molar-refractivity contribution in [1.29, 1.82) is 0 Å². The van der Waals surface area contributed by atoms with Crippen molar-refractivity contribution in [3.8, 4) is 0 Å². The maximum absolute atomic E-state index is 13.3. The molecule has 0 spiro atoms. The number of aliphatic hydroxyl groups excluding tert-OH is 1. The van der Waals surface area contributed by atoms with E-state index < -0.39 is 30.0 Å². The number of nitrogens with one attached hydrogen (secondary N) is 3. The van der Waals surface area contributed by atoms with E-state index in [1.165, 1.54) is 135 Å². The minimum absolute atomic E-state index is 0.0576. The molecule has 0 radical (unpaired) electrons. The van der Waals surface area contributed by atoms with Crippen LogP contribution in [0.3, 0.4) is 0 Å². The number of Topliss-reactive ketones (excluding diaryl/α,β-unsaturated/α-hetero) is 1. The zero-order valence-corrected chi connectivity index (χ0v) is 40.4. The van der Waals surface area contributed by atoms with E-state index in [1.54, 1.807) is 0 Å². The highest BCUT2D eigenvalue weighted by molar-refractivity contribution is 5.92. The molecule has 0 aliphatic heterocycles. The fourth-order valence-corrected chi connectivity index (χ4v) is 8.07. The van der Waals surface area contributed by atoms with Crippen LogP contribution in [0.4, 0.5) is 0 Å². The quantitative estimate of drug-likeness (QED) is 0.0351. The minimum atomic E-state index is -1.04. The van der Waals surface area contributed by atoms with Gasteiger partial charge in [0, 0.05) is 25.8 Å². The van der Waals surface area contributed by atoms with E-state index in [4.69, 9.17) is 4.74 Å². The van der Waals surface area contributed by atoms with E-state index in [2.05, 4.69) is 43.6 Å². The van der Waals surface area contributed by atoms with Gasteiger partial charge in [-0.05, 0) is 44.9 Å². The molecule has 0 unspecified atom stereocenters. The molecular formula is C51H97N3O7. The molecule has 0 fully saturated rings. The topological polar surface area (TPSA) is 151 Å². The lowest BCUT2D eigenvalue weighted by Gasteiger charge is -2.21. The van der Waals surface area contributed by atoms with Gasteiger partial charge in [-0.15, -0.1) is 0 Å². The van der Waals surface area contributed by atoms with Crippen molar-refractivity contribution >= 4 is 29.5 Å². The van der Waals surface area contributed by atoms with Gasteiger partial charge < -0.3 is 25.8 Å². The average Bonchev–Trinajstić information content (AvgIpc) is 3.22. The lowest BCUT2D eigenvalue weighted by molar-refractivity contribution is -0.151. The molecule has 0 saturated carbocycles. The Labute approximate surface area is 374 Å². The van der Waals surface area contributed by atoms with E-state index in [1.807, 2.05) is 0 Å². The van der Waals surface area contributed by atoms with Gasteiger partial charge in [0.1, 0.15) is 17.9 Å². The third-order valence-corrected chi connectivity index (χ3v) is 11.9. The predicted molar refractivity (Wildman–Crippen MR) is 252 cm³/mol. The number of ether oxygens (including phenoxy) is 1. The lowest BCUT2D eigenvalue weighted by atomic mass is 9.98. The van der Waals surface area contributed by atoms with Crippen LogP contribution in [0, 0.1) is 5.92 Å².